The summed E-state index contributed by atoms with van der Waals surface area (Å²) in [6.45, 7) is 2.08. The van der Waals surface area contributed by atoms with Gasteiger partial charge in [-0.2, -0.15) is 0 Å². The van der Waals surface area contributed by atoms with E-state index in [0.717, 1.165) is 22.4 Å². The molecule has 25 heavy (non-hydrogen) atoms. The van der Waals surface area contributed by atoms with Crippen molar-refractivity contribution in [3.63, 3.8) is 0 Å². The van der Waals surface area contributed by atoms with Gasteiger partial charge in [-0.25, -0.2) is 0 Å². The molecule has 1 fully saturated rings. The van der Waals surface area contributed by atoms with Crippen molar-refractivity contribution in [2.75, 3.05) is 7.05 Å². The molecule has 0 saturated heterocycles. The summed E-state index contributed by atoms with van der Waals surface area (Å²) in [4.78, 5) is 0. The maximum Gasteiger partial charge on any atom is 0.119 e. The van der Waals surface area contributed by atoms with Gasteiger partial charge in [0.15, 0.2) is 0 Å². The lowest BCUT2D eigenvalue weighted by Crippen LogP contribution is -2.24. The summed E-state index contributed by atoms with van der Waals surface area (Å²) in [5.74, 6) is 0.957. The fourth-order valence-corrected chi connectivity index (χ4v) is 3.23. The first-order valence-corrected chi connectivity index (χ1v) is 9.19. The van der Waals surface area contributed by atoms with Crippen LogP contribution in [0.4, 0.5) is 0 Å². The molecule has 1 aliphatic carbocycles. The van der Waals surface area contributed by atoms with Gasteiger partial charge < -0.3 is 15.5 Å². The molecule has 1 aliphatic rings. The van der Waals surface area contributed by atoms with E-state index in [1.165, 1.54) is 25.7 Å². The van der Waals surface area contributed by atoms with Crippen LogP contribution in [0, 0.1) is 11.5 Å². The van der Waals surface area contributed by atoms with Gasteiger partial charge in [0.1, 0.15) is 5.75 Å². The molecule has 1 atom stereocenters. The van der Waals surface area contributed by atoms with Crippen LogP contribution in [0.2, 0.25) is 0 Å². The Hall–Kier alpha value is -2.13. The van der Waals surface area contributed by atoms with E-state index in [9.17, 15) is 0 Å². The van der Waals surface area contributed by atoms with Crippen molar-refractivity contribution in [2.24, 2.45) is 0 Å². The molecule has 1 radical (unpaired) electrons. The average Bonchev–Trinajstić information content (AvgIpc) is 3.15. The Morgan fingerprint density at radius 3 is 2.44 bits per heavy atom. The fraction of sp³-hybridized carbons (Fsp3) is 0.409. The third-order valence-electron chi connectivity index (χ3n) is 4.93. The normalized spacial score (nSPS) is 15.9. The maximum absolute atomic E-state index is 8.19. The van der Waals surface area contributed by atoms with Crippen LogP contribution >= 0.6 is 0 Å². The smallest absolute Gasteiger partial charge is 0.119 e. The number of benzene rings is 2. The molecular formula is C22H27N2O. The van der Waals surface area contributed by atoms with Crippen LogP contribution in [-0.4, -0.2) is 24.9 Å². The summed E-state index contributed by atoms with van der Waals surface area (Å²) < 4.78 is 6.02. The topological polar surface area (TPSA) is 45.1 Å². The molecule has 3 rings (SSSR count). The fourth-order valence-electron chi connectivity index (χ4n) is 3.23. The summed E-state index contributed by atoms with van der Waals surface area (Å²) in [6, 6.07) is 17.9. The zero-order valence-electron chi connectivity index (χ0n) is 15.1. The Kier molecular flexibility index (Phi) is 5.87. The number of hydrogen-bond acceptors (Lipinski definition) is 3. The molecule has 2 aromatic carbocycles. The van der Waals surface area contributed by atoms with Crippen LogP contribution in [0.1, 0.15) is 44.6 Å². The first-order chi connectivity index (χ1) is 12.2. The van der Waals surface area contributed by atoms with Gasteiger partial charge >= 0.3 is 0 Å². The van der Waals surface area contributed by atoms with Gasteiger partial charge in [-0.05, 0) is 75.0 Å². The zero-order valence-corrected chi connectivity index (χ0v) is 15.1. The molecule has 2 aromatic rings. The van der Waals surface area contributed by atoms with Gasteiger partial charge in [0.25, 0.3) is 0 Å². The molecule has 0 amide bonds. The minimum atomic E-state index is 0.299. The third kappa shape index (κ3) is 4.70. The molecule has 131 valence electrons. The number of ether oxygens (including phenoxy) is 1. The summed E-state index contributed by atoms with van der Waals surface area (Å²) in [5.41, 5.74) is 3.75. The summed E-state index contributed by atoms with van der Waals surface area (Å²) >= 11 is 0. The Bertz CT molecular complexity index is 685. The van der Waals surface area contributed by atoms with E-state index in [-0.39, 0.29) is 0 Å². The van der Waals surface area contributed by atoms with E-state index in [0.29, 0.717) is 24.3 Å². The average molecular weight is 335 g/mol. The predicted octanol–water partition coefficient (Wildman–Crippen LogP) is 4.84. The first-order valence-electron chi connectivity index (χ1n) is 9.19. The Balaban J connectivity index is 1.64. The quantitative estimate of drug-likeness (QED) is 0.711. The minimum Gasteiger partial charge on any atom is -0.490 e. The van der Waals surface area contributed by atoms with E-state index in [1.807, 2.05) is 19.2 Å². The largest absolute Gasteiger partial charge is 0.490 e. The Morgan fingerprint density at radius 2 is 1.84 bits per heavy atom. The maximum atomic E-state index is 8.19. The van der Waals surface area contributed by atoms with Crippen molar-refractivity contribution in [1.29, 1.82) is 5.41 Å². The lowest BCUT2D eigenvalue weighted by atomic mass is 9.99. The number of hydrogen-bond donors (Lipinski definition) is 2. The van der Waals surface area contributed by atoms with Gasteiger partial charge in [0.2, 0.25) is 0 Å². The van der Waals surface area contributed by atoms with Crippen molar-refractivity contribution in [3.8, 4) is 16.9 Å². The van der Waals surface area contributed by atoms with E-state index in [4.69, 9.17) is 10.1 Å². The zero-order chi connectivity index (χ0) is 17.6. The SMILES string of the molecule is CNC(C)CC(=N)c1[c]cc(-c2ccc(OC3CCCC3)cc2)cc1. The van der Waals surface area contributed by atoms with Crippen LogP contribution < -0.4 is 10.1 Å². The monoisotopic (exact) mass is 335 g/mol. The van der Waals surface area contributed by atoms with E-state index in [2.05, 4.69) is 48.6 Å². The van der Waals surface area contributed by atoms with Crippen molar-refractivity contribution in [1.82, 2.24) is 5.32 Å². The highest BCUT2D eigenvalue weighted by molar-refractivity contribution is 5.98. The number of nitrogens with one attached hydrogen (secondary N) is 2. The van der Waals surface area contributed by atoms with Crippen LogP contribution in [0.15, 0.2) is 42.5 Å². The van der Waals surface area contributed by atoms with Crippen LogP contribution in [-0.2, 0) is 0 Å². The van der Waals surface area contributed by atoms with Gasteiger partial charge in [0.05, 0.1) is 6.10 Å². The van der Waals surface area contributed by atoms with E-state index < -0.39 is 0 Å². The van der Waals surface area contributed by atoms with Crippen LogP contribution in [0.5, 0.6) is 5.75 Å². The molecule has 0 aliphatic heterocycles. The highest BCUT2D eigenvalue weighted by Gasteiger charge is 2.16. The predicted molar refractivity (Wildman–Crippen MR) is 104 cm³/mol. The Morgan fingerprint density at radius 1 is 1.16 bits per heavy atom. The standard InChI is InChI=1S/C22H27N2O/c1-16(24-2)15-22(23)19-9-7-17(8-10-19)18-11-13-21(14-12-18)25-20-5-3-4-6-20/h7-9,11-14,16,20,23-24H,3-6,15H2,1-2H3. The van der Waals surface area contributed by atoms with Crippen molar-refractivity contribution >= 4 is 5.71 Å². The highest BCUT2D eigenvalue weighted by Crippen LogP contribution is 2.27. The molecule has 1 unspecified atom stereocenters. The molecule has 2 N–H and O–H groups in total. The second-order valence-corrected chi connectivity index (χ2v) is 6.91. The lowest BCUT2D eigenvalue weighted by molar-refractivity contribution is 0.210. The molecule has 3 nitrogen and oxygen atoms in total. The van der Waals surface area contributed by atoms with Gasteiger partial charge in [-0.1, -0.05) is 24.3 Å². The lowest BCUT2D eigenvalue weighted by Gasteiger charge is -2.13. The third-order valence-corrected chi connectivity index (χ3v) is 4.93. The molecule has 0 aromatic heterocycles. The molecule has 0 bridgehead atoms. The van der Waals surface area contributed by atoms with Crippen molar-refractivity contribution < 1.29 is 4.74 Å². The molecule has 3 heteroatoms. The first kappa shape index (κ1) is 17.7. The van der Waals surface area contributed by atoms with Crippen molar-refractivity contribution in [2.45, 2.75) is 51.2 Å². The minimum absolute atomic E-state index is 0.299. The van der Waals surface area contributed by atoms with E-state index in [1.54, 1.807) is 0 Å². The molecular weight excluding hydrogens is 308 g/mol. The summed E-state index contributed by atoms with van der Waals surface area (Å²) in [6.07, 6.45) is 6.02. The van der Waals surface area contributed by atoms with Gasteiger partial charge in [0, 0.05) is 23.7 Å². The second-order valence-electron chi connectivity index (χ2n) is 6.91. The van der Waals surface area contributed by atoms with Crippen molar-refractivity contribution in [3.05, 3.63) is 54.1 Å². The van der Waals surface area contributed by atoms with E-state index >= 15 is 0 Å². The van der Waals surface area contributed by atoms with Gasteiger partial charge in [-0.3, -0.25) is 0 Å². The highest BCUT2D eigenvalue weighted by atomic mass is 16.5. The summed E-state index contributed by atoms with van der Waals surface area (Å²) in [7, 11) is 1.92. The van der Waals surface area contributed by atoms with Gasteiger partial charge in [-0.15, -0.1) is 0 Å². The Labute approximate surface area is 150 Å². The molecule has 0 heterocycles. The van der Waals surface area contributed by atoms with Crippen LogP contribution in [0.25, 0.3) is 11.1 Å². The summed E-state index contributed by atoms with van der Waals surface area (Å²) in [5, 5.41) is 11.4. The second kappa shape index (κ2) is 8.30. The molecule has 1 saturated carbocycles. The number of rotatable bonds is 7. The van der Waals surface area contributed by atoms with Crippen LogP contribution in [0.3, 0.4) is 0 Å². The molecule has 0 spiro atoms.